The SMILES string of the molecule is O=C(O)CCCOc1ccc2c(c1)C(O)(C(F)(F)P)c1ccccc1-2. The number of carboxylic acid groups (broad SMARTS) is 1. The molecule has 1 aliphatic carbocycles. The van der Waals surface area contributed by atoms with Crippen LogP contribution in [0.2, 0.25) is 0 Å². The van der Waals surface area contributed by atoms with Crippen molar-refractivity contribution in [3.63, 3.8) is 0 Å². The number of benzene rings is 2. The van der Waals surface area contributed by atoms with E-state index >= 15 is 0 Å². The fraction of sp³-hybridized carbons (Fsp3) is 0.278. The van der Waals surface area contributed by atoms with E-state index in [9.17, 15) is 18.7 Å². The highest BCUT2D eigenvalue weighted by Crippen LogP contribution is 2.57. The molecule has 0 bridgehead atoms. The fourth-order valence-electron chi connectivity index (χ4n) is 3.10. The van der Waals surface area contributed by atoms with E-state index in [1.807, 2.05) is 0 Å². The summed E-state index contributed by atoms with van der Waals surface area (Å²) in [7, 11) is 1.41. The van der Waals surface area contributed by atoms with Gasteiger partial charge >= 0.3 is 5.97 Å². The minimum absolute atomic E-state index is 0.0377. The molecule has 7 heteroatoms. The van der Waals surface area contributed by atoms with E-state index in [4.69, 9.17) is 9.84 Å². The number of hydrogen-bond acceptors (Lipinski definition) is 3. The molecular formula is C18H17F2O4P. The van der Waals surface area contributed by atoms with E-state index < -0.39 is 17.2 Å². The number of hydrogen-bond donors (Lipinski definition) is 2. The summed E-state index contributed by atoms with van der Waals surface area (Å²) >= 11 is 0. The Balaban J connectivity index is 1.97. The normalized spacial score (nSPS) is 18.6. The monoisotopic (exact) mass is 366 g/mol. The van der Waals surface area contributed by atoms with Crippen molar-refractivity contribution in [1.82, 2.24) is 0 Å². The Labute approximate surface area is 145 Å². The molecule has 2 atom stereocenters. The molecule has 2 aromatic carbocycles. The first kappa shape index (κ1) is 17.8. The lowest BCUT2D eigenvalue weighted by atomic mass is 9.91. The van der Waals surface area contributed by atoms with Crippen molar-refractivity contribution in [2.45, 2.75) is 24.1 Å². The molecule has 0 amide bonds. The van der Waals surface area contributed by atoms with Gasteiger partial charge in [0.05, 0.1) is 6.61 Å². The Bertz CT molecular complexity index is 819. The Morgan fingerprint density at radius 3 is 2.52 bits per heavy atom. The summed E-state index contributed by atoms with van der Waals surface area (Å²) in [6.07, 6.45) is 0.265. The minimum atomic E-state index is -3.48. The molecule has 4 nitrogen and oxygen atoms in total. The molecule has 3 rings (SSSR count). The number of ether oxygens (including phenoxy) is 1. The predicted octanol–water partition coefficient (Wildman–Crippen LogP) is 3.61. The Hall–Kier alpha value is -2.04. The molecule has 2 unspecified atom stereocenters. The molecule has 0 spiro atoms. The molecule has 0 saturated carbocycles. The second-order valence-electron chi connectivity index (χ2n) is 5.93. The number of halogens is 2. The number of aliphatic hydroxyl groups is 1. The fourth-order valence-corrected chi connectivity index (χ4v) is 3.41. The average Bonchev–Trinajstić information content (AvgIpc) is 2.82. The number of rotatable bonds is 6. The zero-order valence-corrected chi connectivity index (χ0v) is 14.4. The smallest absolute Gasteiger partial charge is 0.303 e. The van der Waals surface area contributed by atoms with Crippen LogP contribution in [0.5, 0.6) is 5.75 Å². The van der Waals surface area contributed by atoms with Crippen LogP contribution in [0.1, 0.15) is 24.0 Å². The summed E-state index contributed by atoms with van der Waals surface area (Å²) in [5, 5.41) is 19.5. The molecule has 0 fully saturated rings. The zero-order chi connectivity index (χ0) is 18.2. The molecule has 0 radical (unpaired) electrons. The molecule has 2 aromatic rings. The zero-order valence-electron chi connectivity index (χ0n) is 13.2. The number of alkyl halides is 2. The number of fused-ring (bicyclic) bond motifs is 3. The van der Waals surface area contributed by atoms with Crippen molar-refractivity contribution in [2.24, 2.45) is 0 Å². The van der Waals surface area contributed by atoms with Gasteiger partial charge in [0, 0.05) is 17.5 Å². The van der Waals surface area contributed by atoms with Crippen molar-refractivity contribution in [3.8, 4) is 16.9 Å². The van der Waals surface area contributed by atoms with Gasteiger partial charge in [-0.2, -0.15) is 8.78 Å². The maximum absolute atomic E-state index is 14.3. The van der Waals surface area contributed by atoms with Gasteiger partial charge in [-0.25, -0.2) is 0 Å². The van der Waals surface area contributed by atoms with E-state index in [1.54, 1.807) is 30.3 Å². The van der Waals surface area contributed by atoms with Gasteiger partial charge in [-0.3, -0.25) is 4.79 Å². The largest absolute Gasteiger partial charge is 0.494 e. The lowest BCUT2D eigenvalue weighted by molar-refractivity contribution is -0.137. The summed E-state index contributed by atoms with van der Waals surface area (Å²) in [6.45, 7) is 0.147. The third kappa shape index (κ3) is 3.00. The van der Waals surface area contributed by atoms with Crippen molar-refractivity contribution >= 4 is 15.2 Å². The number of aliphatic carboxylic acids is 1. The molecule has 132 valence electrons. The quantitative estimate of drug-likeness (QED) is 0.605. The van der Waals surface area contributed by atoms with E-state index in [0.717, 1.165) is 0 Å². The van der Waals surface area contributed by atoms with Crippen LogP contribution in [0, 0.1) is 0 Å². The third-order valence-electron chi connectivity index (χ3n) is 4.27. The van der Waals surface area contributed by atoms with Gasteiger partial charge in [0.1, 0.15) is 5.75 Å². The van der Waals surface area contributed by atoms with Crippen LogP contribution in [0.3, 0.4) is 0 Å². The Morgan fingerprint density at radius 2 is 1.84 bits per heavy atom. The number of carbonyl (C=O) groups is 1. The van der Waals surface area contributed by atoms with Crippen LogP contribution in [0.15, 0.2) is 42.5 Å². The van der Waals surface area contributed by atoms with Crippen LogP contribution in [0.4, 0.5) is 8.78 Å². The molecule has 2 N–H and O–H groups in total. The first-order valence-corrected chi connectivity index (χ1v) is 8.31. The van der Waals surface area contributed by atoms with E-state index in [-0.39, 0.29) is 24.2 Å². The maximum Gasteiger partial charge on any atom is 0.303 e. The second-order valence-corrected chi connectivity index (χ2v) is 6.66. The van der Waals surface area contributed by atoms with Crippen molar-refractivity contribution in [1.29, 1.82) is 0 Å². The molecule has 25 heavy (non-hydrogen) atoms. The minimum Gasteiger partial charge on any atom is -0.494 e. The van der Waals surface area contributed by atoms with E-state index in [0.29, 0.717) is 23.3 Å². The lowest BCUT2D eigenvalue weighted by Crippen LogP contribution is -2.40. The highest BCUT2D eigenvalue weighted by molar-refractivity contribution is 7.18. The van der Waals surface area contributed by atoms with E-state index in [2.05, 4.69) is 0 Å². The molecular weight excluding hydrogens is 349 g/mol. The summed E-state index contributed by atoms with van der Waals surface area (Å²) in [6, 6.07) is 11.2. The van der Waals surface area contributed by atoms with Crippen LogP contribution >= 0.6 is 9.24 Å². The highest BCUT2D eigenvalue weighted by Gasteiger charge is 2.56. The predicted molar refractivity (Wildman–Crippen MR) is 91.9 cm³/mol. The maximum atomic E-state index is 14.3. The molecule has 0 aliphatic heterocycles. The first-order chi connectivity index (χ1) is 11.7. The van der Waals surface area contributed by atoms with Gasteiger partial charge in [0.15, 0.2) is 5.60 Å². The Kier molecular flexibility index (Phi) is 4.52. The standard InChI is InChI=1S/C18H17F2O4P/c19-18(20,25)17(23)14-5-2-1-4-12(14)13-8-7-11(10-15(13)17)24-9-3-6-16(21)22/h1-2,4-5,7-8,10,23H,3,6,9,25H2,(H,21,22). The van der Waals surface area contributed by atoms with Gasteiger partial charge < -0.3 is 14.9 Å². The lowest BCUT2D eigenvalue weighted by Gasteiger charge is -2.31. The molecule has 0 aromatic heterocycles. The van der Waals surface area contributed by atoms with Crippen molar-refractivity contribution in [2.75, 3.05) is 6.61 Å². The van der Waals surface area contributed by atoms with Crippen LogP contribution < -0.4 is 4.74 Å². The molecule has 0 saturated heterocycles. The van der Waals surface area contributed by atoms with Crippen LogP contribution in [0.25, 0.3) is 11.1 Å². The summed E-state index contributed by atoms with van der Waals surface area (Å²) < 4.78 is 34.1. The topological polar surface area (TPSA) is 66.8 Å². The summed E-state index contributed by atoms with van der Waals surface area (Å²) in [5.74, 6) is -0.616. The average molecular weight is 366 g/mol. The van der Waals surface area contributed by atoms with Crippen molar-refractivity contribution < 1.29 is 28.5 Å². The van der Waals surface area contributed by atoms with Gasteiger partial charge in [-0.1, -0.05) is 39.6 Å². The molecule has 1 aliphatic rings. The van der Waals surface area contributed by atoms with Gasteiger partial charge in [0.2, 0.25) is 0 Å². The summed E-state index contributed by atoms with van der Waals surface area (Å²) in [5.41, 5.74) is -4.64. The van der Waals surface area contributed by atoms with Crippen LogP contribution in [-0.2, 0) is 10.4 Å². The highest BCUT2D eigenvalue weighted by atomic mass is 31.0. The number of carboxylic acids is 1. The van der Waals surface area contributed by atoms with Gasteiger partial charge in [0.25, 0.3) is 5.66 Å². The molecule has 0 heterocycles. The Morgan fingerprint density at radius 1 is 1.16 bits per heavy atom. The third-order valence-corrected chi connectivity index (χ3v) is 4.69. The van der Waals surface area contributed by atoms with E-state index in [1.165, 1.54) is 21.4 Å². The van der Waals surface area contributed by atoms with Crippen LogP contribution in [-0.4, -0.2) is 28.5 Å². The van der Waals surface area contributed by atoms with Gasteiger partial charge in [-0.05, 0) is 29.7 Å². The second kappa shape index (κ2) is 6.36. The van der Waals surface area contributed by atoms with Crippen molar-refractivity contribution in [3.05, 3.63) is 53.6 Å². The first-order valence-electron chi connectivity index (χ1n) is 7.73. The summed E-state index contributed by atoms with van der Waals surface area (Å²) in [4.78, 5) is 10.5. The van der Waals surface area contributed by atoms with Gasteiger partial charge in [-0.15, -0.1) is 0 Å².